The third-order valence-corrected chi connectivity index (χ3v) is 6.30. The van der Waals surface area contributed by atoms with Crippen LogP contribution in [-0.2, 0) is 19.5 Å². The third-order valence-electron chi connectivity index (χ3n) is 4.08. The standard InChI is InChI=1S/C18H16ClN3OS2.ClH/c19-16-7-6-14(24-16)17(23)21-18-20-13-8-9-22(11-15(13)25-18)10-12-4-2-1-3-5-12;/h1-7H,8-11H2,(H,20,21,23);1H. The number of hydrogen-bond donors (Lipinski definition) is 1. The summed E-state index contributed by atoms with van der Waals surface area (Å²) in [5.41, 5.74) is 2.42. The number of rotatable bonds is 4. The van der Waals surface area contributed by atoms with Crippen LogP contribution in [0.5, 0.6) is 0 Å². The fourth-order valence-electron chi connectivity index (χ4n) is 2.87. The second-order valence-electron chi connectivity index (χ2n) is 5.89. The largest absolute Gasteiger partial charge is 0.297 e. The average molecular weight is 426 g/mol. The van der Waals surface area contributed by atoms with Gasteiger partial charge in [0, 0.05) is 30.9 Å². The third kappa shape index (κ3) is 4.45. The van der Waals surface area contributed by atoms with Crippen LogP contribution >= 0.6 is 46.7 Å². The summed E-state index contributed by atoms with van der Waals surface area (Å²) in [4.78, 5) is 21.1. The maximum atomic E-state index is 12.2. The van der Waals surface area contributed by atoms with E-state index in [-0.39, 0.29) is 18.3 Å². The quantitative estimate of drug-likeness (QED) is 0.632. The van der Waals surface area contributed by atoms with Crippen LogP contribution in [0, 0.1) is 0 Å². The Bertz CT molecular complexity index is 895. The first kappa shape index (κ1) is 19.3. The smallest absolute Gasteiger partial charge is 0.267 e. The van der Waals surface area contributed by atoms with Gasteiger partial charge in [-0.25, -0.2) is 4.98 Å². The van der Waals surface area contributed by atoms with Gasteiger partial charge in [-0.1, -0.05) is 41.9 Å². The second-order valence-corrected chi connectivity index (χ2v) is 8.69. The molecule has 0 aliphatic carbocycles. The summed E-state index contributed by atoms with van der Waals surface area (Å²) in [5.74, 6) is -0.149. The Kier molecular flexibility index (Phi) is 6.32. The van der Waals surface area contributed by atoms with Gasteiger partial charge in [-0.05, 0) is 17.7 Å². The molecule has 0 atom stereocenters. The van der Waals surface area contributed by atoms with Gasteiger partial charge < -0.3 is 0 Å². The van der Waals surface area contributed by atoms with E-state index in [9.17, 15) is 4.79 Å². The van der Waals surface area contributed by atoms with E-state index in [4.69, 9.17) is 11.6 Å². The Morgan fingerprint density at radius 3 is 2.73 bits per heavy atom. The maximum absolute atomic E-state index is 12.2. The molecule has 0 radical (unpaired) electrons. The van der Waals surface area contributed by atoms with Crippen molar-refractivity contribution in [1.29, 1.82) is 0 Å². The number of hydrogen-bond acceptors (Lipinski definition) is 5. The molecule has 1 aliphatic heterocycles. The van der Waals surface area contributed by atoms with Crippen LogP contribution in [0.2, 0.25) is 4.34 Å². The van der Waals surface area contributed by atoms with Gasteiger partial charge in [-0.2, -0.15) is 0 Å². The number of carbonyl (C=O) groups excluding carboxylic acids is 1. The molecular formula is C18H17Cl2N3OS2. The highest BCUT2D eigenvalue weighted by molar-refractivity contribution is 7.18. The number of amides is 1. The van der Waals surface area contributed by atoms with Gasteiger partial charge in [0.05, 0.1) is 14.9 Å². The van der Waals surface area contributed by atoms with Crippen molar-refractivity contribution < 1.29 is 4.79 Å². The minimum Gasteiger partial charge on any atom is -0.297 e. The van der Waals surface area contributed by atoms with Crippen molar-refractivity contribution in [2.24, 2.45) is 0 Å². The molecule has 136 valence electrons. The van der Waals surface area contributed by atoms with E-state index < -0.39 is 0 Å². The van der Waals surface area contributed by atoms with E-state index in [1.165, 1.54) is 21.8 Å². The van der Waals surface area contributed by atoms with Crippen molar-refractivity contribution >= 4 is 57.7 Å². The minimum absolute atomic E-state index is 0. The number of thiazole rings is 1. The lowest BCUT2D eigenvalue weighted by Crippen LogP contribution is -2.29. The highest BCUT2D eigenvalue weighted by Crippen LogP contribution is 2.30. The monoisotopic (exact) mass is 425 g/mol. The normalized spacial score (nSPS) is 13.7. The Morgan fingerprint density at radius 1 is 1.19 bits per heavy atom. The number of nitrogens with one attached hydrogen (secondary N) is 1. The van der Waals surface area contributed by atoms with Crippen LogP contribution in [0.4, 0.5) is 5.13 Å². The van der Waals surface area contributed by atoms with E-state index in [1.807, 2.05) is 6.07 Å². The summed E-state index contributed by atoms with van der Waals surface area (Å²) < 4.78 is 0.611. The van der Waals surface area contributed by atoms with Gasteiger partial charge in [0.25, 0.3) is 5.91 Å². The van der Waals surface area contributed by atoms with Crippen molar-refractivity contribution in [3.05, 3.63) is 67.8 Å². The zero-order valence-corrected chi connectivity index (χ0v) is 17.0. The Balaban J connectivity index is 0.00000196. The molecule has 4 rings (SSSR count). The van der Waals surface area contributed by atoms with Crippen molar-refractivity contribution in [2.45, 2.75) is 19.5 Å². The average Bonchev–Trinajstić information content (AvgIpc) is 3.21. The first-order valence-corrected chi connectivity index (χ1v) is 10.00. The second kappa shape index (κ2) is 8.50. The predicted octanol–water partition coefficient (Wildman–Crippen LogP) is 5.09. The summed E-state index contributed by atoms with van der Waals surface area (Å²) in [6, 6.07) is 14.0. The zero-order valence-electron chi connectivity index (χ0n) is 13.8. The van der Waals surface area contributed by atoms with E-state index in [0.717, 1.165) is 31.7 Å². The molecule has 0 unspecified atom stereocenters. The molecule has 0 saturated heterocycles. The molecule has 0 bridgehead atoms. The summed E-state index contributed by atoms with van der Waals surface area (Å²) in [6.07, 6.45) is 0.916. The van der Waals surface area contributed by atoms with Gasteiger partial charge >= 0.3 is 0 Å². The van der Waals surface area contributed by atoms with Crippen LogP contribution < -0.4 is 5.32 Å². The number of nitrogens with zero attached hydrogens (tertiary/aromatic N) is 2. The molecule has 0 saturated carbocycles. The van der Waals surface area contributed by atoms with E-state index in [2.05, 4.69) is 39.5 Å². The number of aromatic nitrogens is 1. The van der Waals surface area contributed by atoms with Crippen molar-refractivity contribution in [3.63, 3.8) is 0 Å². The van der Waals surface area contributed by atoms with Gasteiger partial charge in [-0.3, -0.25) is 15.0 Å². The first-order chi connectivity index (χ1) is 12.2. The molecule has 1 amide bonds. The van der Waals surface area contributed by atoms with Crippen molar-refractivity contribution in [2.75, 3.05) is 11.9 Å². The van der Waals surface area contributed by atoms with Crippen molar-refractivity contribution in [1.82, 2.24) is 9.88 Å². The molecule has 1 N–H and O–H groups in total. The number of halogens is 2. The predicted molar refractivity (Wildman–Crippen MR) is 111 cm³/mol. The van der Waals surface area contributed by atoms with E-state index >= 15 is 0 Å². The number of anilines is 1. The number of fused-ring (bicyclic) bond motifs is 1. The molecule has 8 heteroatoms. The summed E-state index contributed by atoms with van der Waals surface area (Å²) >= 11 is 8.73. The molecule has 2 aromatic heterocycles. The molecule has 0 fully saturated rings. The topological polar surface area (TPSA) is 45.2 Å². The number of thiophene rings is 1. The molecular weight excluding hydrogens is 409 g/mol. The van der Waals surface area contributed by atoms with Gasteiger partial charge in [-0.15, -0.1) is 35.1 Å². The Morgan fingerprint density at radius 2 is 2.00 bits per heavy atom. The van der Waals surface area contributed by atoms with Crippen LogP contribution in [0.15, 0.2) is 42.5 Å². The first-order valence-electron chi connectivity index (χ1n) is 7.99. The minimum atomic E-state index is -0.149. The summed E-state index contributed by atoms with van der Waals surface area (Å²) in [6.45, 7) is 2.80. The molecule has 4 nitrogen and oxygen atoms in total. The van der Waals surface area contributed by atoms with Crippen LogP contribution in [-0.4, -0.2) is 22.3 Å². The highest BCUT2D eigenvalue weighted by Gasteiger charge is 2.22. The van der Waals surface area contributed by atoms with Crippen LogP contribution in [0.1, 0.15) is 25.8 Å². The Hall–Kier alpha value is -1.44. The highest BCUT2D eigenvalue weighted by atomic mass is 35.5. The van der Waals surface area contributed by atoms with E-state index in [0.29, 0.717) is 14.3 Å². The fraction of sp³-hybridized carbons (Fsp3) is 0.222. The molecule has 3 aromatic rings. The number of carbonyl (C=O) groups is 1. The van der Waals surface area contributed by atoms with Gasteiger partial charge in [0.15, 0.2) is 5.13 Å². The molecule has 1 aliphatic rings. The van der Waals surface area contributed by atoms with Gasteiger partial charge in [0.2, 0.25) is 0 Å². The lowest BCUT2D eigenvalue weighted by atomic mass is 10.1. The molecule has 0 spiro atoms. The number of benzene rings is 1. The van der Waals surface area contributed by atoms with Crippen LogP contribution in [0.25, 0.3) is 0 Å². The lowest BCUT2D eigenvalue weighted by molar-refractivity contribution is 0.103. The fourth-order valence-corrected chi connectivity index (χ4v) is 4.86. The van der Waals surface area contributed by atoms with Crippen molar-refractivity contribution in [3.8, 4) is 0 Å². The summed E-state index contributed by atoms with van der Waals surface area (Å²) in [5, 5.41) is 3.56. The lowest BCUT2D eigenvalue weighted by Gasteiger charge is -2.25. The maximum Gasteiger partial charge on any atom is 0.267 e. The molecule has 3 heterocycles. The summed E-state index contributed by atoms with van der Waals surface area (Å²) in [7, 11) is 0. The van der Waals surface area contributed by atoms with Crippen LogP contribution in [0.3, 0.4) is 0 Å². The van der Waals surface area contributed by atoms with Gasteiger partial charge in [0.1, 0.15) is 0 Å². The van der Waals surface area contributed by atoms with E-state index in [1.54, 1.807) is 23.5 Å². The molecule has 26 heavy (non-hydrogen) atoms. The SMILES string of the molecule is Cl.O=C(Nc1nc2c(s1)CN(Cc1ccccc1)CC2)c1ccc(Cl)s1. The zero-order chi connectivity index (χ0) is 17.2. The Labute approximate surface area is 171 Å². The molecule has 1 aromatic carbocycles.